The number of carbonyl (C=O) groups is 1. The topological polar surface area (TPSA) is 103 Å². The molecule has 0 aromatic carbocycles. The Balaban J connectivity index is 1.78. The molecule has 2 fully saturated rings. The van der Waals surface area contributed by atoms with Crippen molar-refractivity contribution >= 4 is 23.0 Å². The van der Waals surface area contributed by atoms with Crippen molar-refractivity contribution in [1.82, 2.24) is 19.5 Å². The fraction of sp³-hybridized carbons (Fsp3) is 0.571. The summed E-state index contributed by atoms with van der Waals surface area (Å²) in [5.41, 5.74) is 1.25. The number of aliphatic hydroxyl groups is 1. The lowest BCUT2D eigenvalue weighted by atomic mass is 9.97. The van der Waals surface area contributed by atoms with Crippen LogP contribution in [0.15, 0.2) is 12.7 Å². The van der Waals surface area contributed by atoms with E-state index in [0.29, 0.717) is 17.0 Å². The van der Waals surface area contributed by atoms with Gasteiger partial charge in [0.05, 0.1) is 25.5 Å². The van der Waals surface area contributed by atoms with Crippen molar-refractivity contribution in [2.24, 2.45) is 5.92 Å². The van der Waals surface area contributed by atoms with E-state index in [9.17, 15) is 9.90 Å². The minimum absolute atomic E-state index is 0.148. The Hall–Kier alpha value is -2.26. The maximum Gasteiger partial charge on any atom is 0.306 e. The monoisotopic (exact) mass is 319 g/mol. The van der Waals surface area contributed by atoms with Gasteiger partial charge in [0.1, 0.15) is 6.33 Å². The van der Waals surface area contributed by atoms with Crippen LogP contribution >= 0.6 is 0 Å². The molecule has 2 aliphatic heterocycles. The molecule has 122 valence electrons. The first-order chi connectivity index (χ1) is 11.1. The third kappa shape index (κ3) is 2.07. The summed E-state index contributed by atoms with van der Waals surface area (Å²) >= 11 is 0. The van der Waals surface area contributed by atoms with Gasteiger partial charge < -0.3 is 19.5 Å². The third-order valence-corrected chi connectivity index (χ3v) is 4.38. The van der Waals surface area contributed by atoms with Gasteiger partial charge in [-0.05, 0) is 0 Å². The molecule has 9 heteroatoms. The quantitative estimate of drug-likeness (QED) is 0.770. The number of ether oxygens (including phenoxy) is 2. The van der Waals surface area contributed by atoms with Crippen molar-refractivity contribution < 1.29 is 19.4 Å². The van der Waals surface area contributed by atoms with E-state index < -0.39 is 18.4 Å². The summed E-state index contributed by atoms with van der Waals surface area (Å²) in [4.78, 5) is 26.4. The van der Waals surface area contributed by atoms with Crippen LogP contribution in [-0.2, 0) is 14.3 Å². The van der Waals surface area contributed by atoms with E-state index in [1.165, 1.54) is 6.33 Å². The first-order valence-corrected chi connectivity index (χ1v) is 7.41. The van der Waals surface area contributed by atoms with Gasteiger partial charge in [-0.15, -0.1) is 0 Å². The number of hydrogen-bond acceptors (Lipinski definition) is 8. The number of aromatic nitrogens is 4. The van der Waals surface area contributed by atoms with Crippen LogP contribution in [0, 0.1) is 5.92 Å². The van der Waals surface area contributed by atoms with E-state index in [2.05, 4.69) is 15.0 Å². The Morgan fingerprint density at radius 2 is 2.22 bits per heavy atom. The Bertz CT molecular complexity index is 761. The molecule has 9 nitrogen and oxygen atoms in total. The minimum atomic E-state index is -0.543. The largest absolute Gasteiger partial charge is 0.457 e. The number of rotatable bonds is 3. The molecule has 4 atom stereocenters. The van der Waals surface area contributed by atoms with Crippen LogP contribution < -0.4 is 4.90 Å². The van der Waals surface area contributed by atoms with Crippen molar-refractivity contribution in [3.63, 3.8) is 0 Å². The zero-order valence-electron chi connectivity index (χ0n) is 12.8. The summed E-state index contributed by atoms with van der Waals surface area (Å²) in [6.45, 7) is -0.154. The van der Waals surface area contributed by atoms with E-state index in [0.717, 1.165) is 0 Å². The van der Waals surface area contributed by atoms with E-state index in [-0.39, 0.29) is 24.9 Å². The standard InChI is InChI=1S/C14H17N5O4/c1-18(2)12-10-13(16-5-15-12)19(6-17-10)14-11-7(3-9(21)23-11)8(4-20)22-14/h5-8,11,14,20H,3-4H2,1-2H3/t7-,8+,11-,14-/m0/s1. The maximum absolute atomic E-state index is 11.6. The van der Waals surface area contributed by atoms with Gasteiger partial charge in [-0.3, -0.25) is 9.36 Å². The van der Waals surface area contributed by atoms with E-state index in [1.54, 1.807) is 10.9 Å². The second-order valence-corrected chi connectivity index (χ2v) is 5.99. The number of aliphatic hydroxyl groups excluding tert-OH is 1. The highest BCUT2D eigenvalue weighted by molar-refractivity contribution is 5.83. The highest BCUT2D eigenvalue weighted by Gasteiger charge is 2.52. The molecule has 0 saturated carbocycles. The number of hydrogen-bond donors (Lipinski definition) is 1. The SMILES string of the molecule is CN(C)c1ncnc2c1ncn2[C@H]1O[C@H](CO)[C@@H]2CC(=O)O[C@@H]21. The highest BCUT2D eigenvalue weighted by atomic mass is 16.6. The molecule has 0 aliphatic carbocycles. The van der Waals surface area contributed by atoms with Crippen LogP contribution in [-0.4, -0.2) is 63.5 Å². The van der Waals surface area contributed by atoms with Gasteiger partial charge >= 0.3 is 5.97 Å². The number of carbonyl (C=O) groups excluding carboxylic acids is 1. The average Bonchev–Trinajstić information content (AvgIpc) is 3.19. The second-order valence-electron chi connectivity index (χ2n) is 5.99. The first kappa shape index (κ1) is 14.3. The molecule has 0 amide bonds. The van der Waals surface area contributed by atoms with Crippen LogP contribution in [0.2, 0.25) is 0 Å². The Morgan fingerprint density at radius 3 is 2.96 bits per heavy atom. The predicted octanol–water partition coefficient (Wildman–Crippen LogP) is -0.286. The third-order valence-electron chi connectivity index (χ3n) is 4.38. The molecule has 1 N–H and O–H groups in total. The summed E-state index contributed by atoms with van der Waals surface area (Å²) < 4.78 is 13.0. The molecule has 2 saturated heterocycles. The number of anilines is 1. The molecule has 0 spiro atoms. The number of fused-ring (bicyclic) bond motifs is 2. The number of imidazole rings is 1. The second kappa shape index (κ2) is 5.14. The van der Waals surface area contributed by atoms with Crippen LogP contribution in [0.25, 0.3) is 11.2 Å². The Morgan fingerprint density at radius 1 is 1.39 bits per heavy atom. The lowest BCUT2D eigenvalue weighted by molar-refractivity contribution is -0.149. The molecular weight excluding hydrogens is 302 g/mol. The zero-order chi connectivity index (χ0) is 16.1. The minimum Gasteiger partial charge on any atom is -0.457 e. The lowest BCUT2D eigenvalue weighted by Gasteiger charge is -2.18. The summed E-state index contributed by atoms with van der Waals surface area (Å²) in [5.74, 6) is 0.287. The first-order valence-electron chi connectivity index (χ1n) is 7.41. The van der Waals surface area contributed by atoms with Crippen LogP contribution in [0.4, 0.5) is 5.82 Å². The van der Waals surface area contributed by atoms with Crippen LogP contribution in [0.1, 0.15) is 12.6 Å². The highest BCUT2D eigenvalue weighted by Crippen LogP contribution is 2.43. The van der Waals surface area contributed by atoms with Gasteiger partial charge in [-0.2, -0.15) is 0 Å². The molecule has 0 bridgehead atoms. The van der Waals surface area contributed by atoms with Crippen molar-refractivity contribution in [3.05, 3.63) is 12.7 Å². The molecule has 2 aliphatic rings. The molecule has 0 radical (unpaired) electrons. The molecule has 4 rings (SSSR count). The van der Waals surface area contributed by atoms with Gasteiger partial charge in [0.15, 0.2) is 29.3 Å². The Kier molecular flexibility index (Phi) is 3.20. The molecule has 23 heavy (non-hydrogen) atoms. The molecule has 4 heterocycles. The van der Waals surface area contributed by atoms with Crippen molar-refractivity contribution in [1.29, 1.82) is 0 Å². The Labute approximate surface area is 131 Å². The zero-order valence-corrected chi connectivity index (χ0v) is 12.8. The summed E-state index contributed by atoms with van der Waals surface area (Å²) in [6.07, 6.45) is 1.93. The lowest BCUT2D eigenvalue weighted by Crippen LogP contribution is -2.24. The summed E-state index contributed by atoms with van der Waals surface area (Å²) in [6, 6.07) is 0. The maximum atomic E-state index is 11.6. The molecular formula is C14H17N5O4. The van der Waals surface area contributed by atoms with Gasteiger partial charge in [0.25, 0.3) is 0 Å². The fourth-order valence-corrected chi connectivity index (χ4v) is 3.32. The van der Waals surface area contributed by atoms with Crippen molar-refractivity contribution in [2.75, 3.05) is 25.6 Å². The number of nitrogens with zero attached hydrogens (tertiary/aromatic N) is 5. The van der Waals surface area contributed by atoms with E-state index in [4.69, 9.17) is 9.47 Å². The predicted molar refractivity (Wildman–Crippen MR) is 78.6 cm³/mol. The van der Waals surface area contributed by atoms with Crippen LogP contribution in [0.5, 0.6) is 0 Å². The van der Waals surface area contributed by atoms with E-state index >= 15 is 0 Å². The van der Waals surface area contributed by atoms with Gasteiger partial charge in [0.2, 0.25) is 0 Å². The van der Waals surface area contributed by atoms with Gasteiger partial charge in [0, 0.05) is 20.0 Å². The van der Waals surface area contributed by atoms with Crippen molar-refractivity contribution in [3.8, 4) is 0 Å². The van der Waals surface area contributed by atoms with Crippen molar-refractivity contribution in [2.45, 2.75) is 24.9 Å². The molecule has 2 aromatic heterocycles. The summed E-state index contributed by atoms with van der Waals surface area (Å²) in [7, 11) is 3.76. The van der Waals surface area contributed by atoms with E-state index in [1.807, 2.05) is 19.0 Å². The van der Waals surface area contributed by atoms with Crippen LogP contribution in [0.3, 0.4) is 0 Å². The smallest absolute Gasteiger partial charge is 0.306 e. The number of esters is 1. The normalized spacial score (nSPS) is 29.8. The average molecular weight is 319 g/mol. The van der Waals surface area contributed by atoms with Gasteiger partial charge in [-0.25, -0.2) is 15.0 Å². The fourth-order valence-electron chi connectivity index (χ4n) is 3.32. The molecule has 0 unspecified atom stereocenters. The van der Waals surface area contributed by atoms with Gasteiger partial charge in [-0.1, -0.05) is 0 Å². The summed E-state index contributed by atoms with van der Waals surface area (Å²) in [5, 5.41) is 9.50. The molecule has 2 aromatic rings.